The summed E-state index contributed by atoms with van der Waals surface area (Å²) in [5.74, 6) is -0.826. The third-order valence-electron chi connectivity index (χ3n) is 3.66. The number of carbonyl (C=O) groups is 1. The SMILES string of the molecule is O=C(O)C1(CCCCCCc2ccc(Cl)c(Cl)c2)CO1. The molecule has 1 heterocycles. The molecule has 1 fully saturated rings. The molecule has 0 radical (unpaired) electrons. The standard InChI is InChI=1S/C15H18Cl2O3/c16-12-7-6-11(9-13(12)17)5-3-1-2-4-8-15(10-20-15)14(18)19/h6-7,9H,1-5,8,10H2,(H,18,19). The highest BCUT2D eigenvalue weighted by Gasteiger charge is 2.51. The lowest BCUT2D eigenvalue weighted by molar-refractivity contribution is -0.143. The molecule has 1 saturated heterocycles. The maximum absolute atomic E-state index is 10.9. The van der Waals surface area contributed by atoms with Gasteiger partial charge in [-0.25, -0.2) is 4.79 Å². The highest BCUT2D eigenvalue weighted by molar-refractivity contribution is 6.42. The van der Waals surface area contributed by atoms with E-state index in [-0.39, 0.29) is 0 Å². The number of hydrogen-bond acceptors (Lipinski definition) is 2. The number of halogens is 2. The van der Waals surface area contributed by atoms with Crippen LogP contribution in [0, 0.1) is 0 Å². The predicted octanol–water partition coefficient (Wildman–Crippen LogP) is 4.34. The molecule has 20 heavy (non-hydrogen) atoms. The number of epoxide rings is 1. The molecule has 5 heteroatoms. The van der Waals surface area contributed by atoms with E-state index < -0.39 is 11.6 Å². The quantitative estimate of drug-likeness (QED) is 0.573. The summed E-state index contributed by atoms with van der Waals surface area (Å²) in [5.41, 5.74) is 0.330. The lowest BCUT2D eigenvalue weighted by Crippen LogP contribution is -2.23. The Kier molecular flexibility index (Phi) is 5.30. The highest BCUT2D eigenvalue weighted by atomic mass is 35.5. The Morgan fingerprint density at radius 3 is 2.50 bits per heavy atom. The molecule has 0 aromatic heterocycles. The number of rotatable bonds is 8. The molecular formula is C15H18Cl2O3. The van der Waals surface area contributed by atoms with Gasteiger partial charge < -0.3 is 9.84 Å². The summed E-state index contributed by atoms with van der Waals surface area (Å²) in [5, 5.41) is 10.1. The zero-order valence-corrected chi connectivity index (χ0v) is 12.7. The Balaban J connectivity index is 1.60. The Morgan fingerprint density at radius 1 is 1.20 bits per heavy atom. The van der Waals surface area contributed by atoms with Crippen LogP contribution in [0.3, 0.4) is 0 Å². The van der Waals surface area contributed by atoms with Crippen molar-refractivity contribution in [3.05, 3.63) is 33.8 Å². The van der Waals surface area contributed by atoms with Gasteiger partial charge >= 0.3 is 5.97 Å². The molecule has 0 amide bonds. The fraction of sp³-hybridized carbons (Fsp3) is 0.533. The summed E-state index contributed by atoms with van der Waals surface area (Å²) in [6.45, 7) is 0.367. The second-order valence-corrected chi connectivity index (χ2v) is 6.07. The molecule has 1 N–H and O–H groups in total. The van der Waals surface area contributed by atoms with E-state index in [9.17, 15) is 4.79 Å². The van der Waals surface area contributed by atoms with Gasteiger partial charge in [0.2, 0.25) is 0 Å². The zero-order chi connectivity index (χ0) is 14.6. The molecule has 1 aromatic carbocycles. The lowest BCUT2D eigenvalue weighted by Gasteiger charge is -2.06. The van der Waals surface area contributed by atoms with E-state index in [1.54, 1.807) is 0 Å². The first-order chi connectivity index (χ1) is 9.53. The Labute approximate surface area is 128 Å². The van der Waals surface area contributed by atoms with Crippen LogP contribution < -0.4 is 0 Å². The smallest absolute Gasteiger partial charge is 0.338 e. The minimum Gasteiger partial charge on any atom is -0.479 e. The normalized spacial score (nSPS) is 20.9. The van der Waals surface area contributed by atoms with Gasteiger partial charge in [0.1, 0.15) is 0 Å². The van der Waals surface area contributed by atoms with Crippen LogP contribution in [0.25, 0.3) is 0 Å². The molecule has 1 aliphatic rings. The van der Waals surface area contributed by atoms with E-state index in [2.05, 4.69) is 0 Å². The molecule has 3 nitrogen and oxygen atoms in total. The van der Waals surface area contributed by atoms with Gasteiger partial charge in [-0.05, 0) is 43.4 Å². The van der Waals surface area contributed by atoms with Crippen LogP contribution in [0.15, 0.2) is 18.2 Å². The number of aliphatic carboxylic acids is 1. The summed E-state index contributed by atoms with van der Waals surface area (Å²) in [6, 6.07) is 5.72. The largest absolute Gasteiger partial charge is 0.479 e. The molecule has 1 aromatic rings. The molecule has 1 atom stereocenters. The number of carboxylic acid groups (broad SMARTS) is 1. The van der Waals surface area contributed by atoms with Crippen LogP contribution in [0.5, 0.6) is 0 Å². The third-order valence-corrected chi connectivity index (χ3v) is 4.40. The van der Waals surface area contributed by atoms with Crippen molar-refractivity contribution in [2.45, 2.75) is 44.1 Å². The fourth-order valence-electron chi connectivity index (χ4n) is 2.25. The molecule has 1 aliphatic heterocycles. The van der Waals surface area contributed by atoms with Gasteiger partial charge in [-0.2, -0.15) is 0 Å². The van der Waals surface area contributed by atoms with E-state index in [1.807, 2.05) is 18.2 Å². The molecule has 0 saturated carbocycles. The molecular weight excluding hydrogens is 299 g/mol. The molecule has 110 valence electrons. The van der Waals surface area contributed by atoms with E-state index >= 15 is 0 Å². The topological polar surface area (TPSA) is 49.8 Å². The van der Waals surface area contributed by atoms with Crippen molar-refractivity contribution < 1.29 is 14.6 Å². The first kappa shape index (κ1) is 15.6. The summed E-state index contributed by atoms with van der Waals surface area (Å²) in [4.78, 5) is 10.9. The van der Waals surface area contributed by atoms with Gasteiger partial charge in [-0.1, -0.05) is 42.1 Å². The van der Waals surface area contributed by atoms with E-state index in [4.69, 9.17) is 33.0 Å². The van der Waals surface area contributed by atoms with Crippen molar-refractivity contribution in [1.82, 2.24) is 0 Å². The number of benzene rings is 1. The Bertz CT molecular complexity index is 484. The second-order valence-electron chi connectivity index (χ2n) is 5.25. The predicted molar refractivity (Wildman–Crippen MR) is 79.6 cm³/mol. The van der Waals surface area contributed by atoms with Gasteiger partial charge in [-0.15, -0.1) is 0 Å². The molecule has 0 spiro atoms. The van der Waals surface area contributed by atoms with Crippen molar-refractivity contribution in [2.75, 3.05) is 6.61 Å². The van der Waals surface area contributed by atoms with E-state index in [0.717, 1.165) is 32.1 Å². The number of carboxylic acids is 1. The first-order valence-electron chi connectivity index (χ1n) is 6.85. The minimum atomic E-state index is -0.857. The van der Waals surface area contributed by atoms with Crippen LogP contribution in [0.1, 0.15) is 37.7 Å². The van der Waals surface area contributed by atoms with Crippen LogP contribution in [-0.4, -0.2) is 23.3 Å². The lowest BCUT2D eigenvalue weighted by atomic mass is 10.0. The summed E-state index contributed by atoms with van der Waals surface area (Å²) in [7, 11) is 0. The minimum absolute atomic E-state index is 0.367. The summed E-state index contributed by atoms with van der Waals surface area (Å²) >= 11 is 11.8. The number of ether oxygens (including phenoxy) is 1. The van der Waals surface area contributed by atoms with Gasteiger partial charge in [-0.3, -0.25) is 0 Å². The van der Waals surface area contributed by atoms with Crippen LogP contribution in [-0.2, 0) is 16.0 Å². The van der Waals surface area contributed by atoms with Gasteiger partial charge in [0.25, 0.3) is 0 Å². The molecule has 0 aliphatic carbocycles. The van der Waals surface area contributed by atoms with Crippen LogP contribution in [0.4, 0.5) is 0 Å². The average Bonchev–Trinajstić information content (AvgIpc) is 3.19. The second kappa shape index (κ2) is 6.79. The van der Waals surface area contributed by atoms with Gasteiger partial charge in [0.15, 0.2) is 5.60 Å². The van der Waals surface area contributed by atoms with Crippen molar-refractivity contribution >= 4 is 29.2 Å². The highest BCUT2D eigenvalue weighted by Crippen LogP contribution is 2.33. The van der Waals surface area contributed by atoms with Crippen molar-refractivity contribution in [3.63, 3.8) is 0 Å². The summed E-state index contributed by atoms with van der Waals surface area (Å²) in [6.07, 6.45) is 5.66. The maximum Gasteiger partial charge on any atom is 0.338 e. The van der Waals surface area contributed by atoms with Gasteiger partial charge in [0, 0.05) is 0 Å². The zero-order valence-electron chi connectivity index (χ0n) is 11.2. The first-order valence-corrected chi connectivity index (χ1v) is 7.60. The van der Waals surface area contributed by atoms with Gasteiger partial charge in [0.05, 0.1) is 16.7 Å². The van der Waals surface area contributed by atoms with Crippen LogP contribution in [0.2, 0.25) is 10.0 Å². The van der Waals surface area contributed by atoms with Crippen molar-refractivity contribution in [2.24, 2.45) is 0 Å². The number of aryl methyl sites for hydroxylation is 1. The fourth-order valence-corrected chi connectivity index (χ4v) is 2.57. The monoisotopic (exact) mass is 316 g/mol. The Hall–Kier alpha value is -0.770. The third kappa shape index (κ3) is 4.11. The van der Waals surface area contributed by atoms with E-state index in [0.29, 0.717) is 23.1 Å². The Morgan fingerprint density at radius 2 is 1.90 bits per heavy atom. The average molecular weight is 317 g/mol. The van der Waals surface area contributed by atoms with Crippen molar-refractivity contribution in [3.8, 4) is 0 Å². The maximum atomic E-state index is 10.9. The molecule has 0 bridgehead atoms. The van der Waals surface area contributed by atoms with E-state index in [1.165, 1.54) is 5.56 Å². The van der Waals surface area contributed by atoms with Crippen LogP contribution >= 0.6 is 23.2 Å². The number of hydrogen-bond donors (Lipinski definition) is 1. The number of unbranched alkanes of at least 4 members (excludes halogenated alkanes) is 3. The van der Waals surface area contributed by atoms with Crippen molar-refractivity contribution in [1.29, 1.82) is 0 Å². The summed E-state index contributed by atoms with van der Waals surface area (Å²) < 4.78 is 5.03. The molecule has 2 rings (SSSR count). The molecule has 1 unspecified atom stereocenters.